The summed E-state index contributed by atoms with van der Waals surface area (Å²) >= 11 is 1.37. The van der Waals surface area contributed by atoms with Crippen LogP contribution in [0.3, 0.4) is 0 Å². The summed E-state index contributed by atoms with van der Waals surface area (Å²) in [5.74, 6) is 0.836. The van der Waals surface area contributed by atoms with Crippen molar-refractivity contribution in [2.45, 2.75) is 0 Å². The summed E-state index contributed by atoms with van der Waals surface area (Å²) in [5.41, 5.74) is 2.88. The minimum absolute atomic E-state index is 0.200. The summed E-state index contributed by atoms with van der Waals surface area (Å²) in [4.78, 5) is 0.955. The van der Waals surface area contributed by atoms with Crippen molar-refractivity contribution < 1.29 is 9.84 Å². The highest BCUT2D eigenvalue weighted by Gasteiger charge is 2.14. The number of aromatic hydroxyl groups is 1. The van der Waals surface area contributed by atoms with Gasteiger partial charge in [0.25, 0.3) is 0 Å². The van der Waals surface area contributed by atoms with Gasteiger partial charge in [-0.2, -0.15) is 4.37 Å². The van der Waals surface area contributed by atoms with Crippen LogP contribution in [0.5, 0.6) is 11.5 Å². The van der Waals surface area contributed by atoms with Crippen LogP contribution in [-0.4, -0.2) is 16.6 Å². The fourth-order valence-electron chi connectivity index (χ4n) is 2.09. The third kappa shape index (κ3) is 2.26. The predicted molar refractivity (Wildman–Crippen MR) is 81.2 cm³/mol. The van der Waals surface area contributed by atoms with Crippen molar-refractivity contribution in [2.75, 3.05) is 7.11 Å². The Morgan fingerprint density at radius 3 is 2.55 bits per heavy atom. The van der Waals surface area contributed by atoms with Crippen LogP contribution >= 0.6 is 11.5 Å². The number of ether oxygens (including phenoxy) is 1. The molecule has 3 nitrogen and oxygen atoms in total. The molecule has 4 heteroatoms. The van der Waals surface area contributed by atoms with Crippen LogP contribution in [0.2, 0.25) is 0 Å². The van der Waals surface area contributed by atoms with E-state index in [0.717, 1.165) is 21.6 Å². The van der Waals surface area contributed by atoms with Gasteiger partial charge in [0, 0.05) is 23.4 Å². The number of aromatic nitrogens is 1. The van der Waals surface area contributed by atoms with Gasteiger partial charge in [-0.1, -0.05) is 30.3 Å². The van der Waals surface area contributed by atoms with E-state index in [2.05, 4.69) is 4.37 Å². The van der Waals surface area contributed by atoms with Gasteiger partial charge in [-0.05, 0) is 29.2 Å². The standard InChI is InChI=1S/C16H13NO2S/c1-19-12-7-8-13(15(18)9-12)16-14(10-17-20-16)11-5-3-2-4-6-11/h2-10,18H,1H3. The number of benzene rings is 2. The van der Waals surface area contributed by atoms with Crippen LogP contribution in [0.1, 0.15) is 0 Å². The lowest BCUT2D eigenvalue weighted by molar-refractivity contribution is 0.408. The van der Waals surface area contributed by atoms with Gasteiger partial charge >= 0.3 is 0 Å². The molecule has 2 aromatic carbocycles. The van der Waals surface area contributed by atoms with E-state index in [1.165, 1.54) is 11.5 Å². The van der Waals surface area contributed by atoms with Crippen molar-refractivity contribution in [2.24, 2.45) is 0 Å². The van der Waals surface area contributed by atoms with Gasteiger partial charge in [-0.25, -0.2) is 0 Å². The first-order valence-corrected chi connectivity index (χ1v) is 6.94. The molecular weight excluding hydrogens is 270 g/mol. The van der Waals surface area contributed by atoms with Crippen molar-refractivity contribution in [3.05, 3.63) is 54.7 Å². The van der Waals surface area contributed by atoms with Crippen LogP contribution < -0.4 is 4.74 Å². The summed E-state index contributed by atoms with van der Waals surface area (Å²) in [5, 5.41) is 10.2. The van der Waals surface area contributed by atoms with Crippen molar-refractivity contribution >= 4 is 11.5 Å². The van der Waals surface area contributed by atoms with Crippen LogP contribution in [0.4, 0.5) is 0 Å². The molecule has 0 fully saturated rings. The van der Waals surface area contributed by atoms with Crippen molar-refractivity contribution in [3.8, 4) is 33.1 Å². The minimum Gasteiger partial charge on any atom is -0.507 e. The molecule has 20 heavy (non-hydrogen) atoms. The molecule has 0 bridgehead atoms. The van der Waals surface area contributed by atoms with Gasteiger partial charge in [0.2, 0.25) is 0 Å². The third-order valence-corrected chi connectivity index (χ3v) is 3.94. The Balaban J connectivity index is 2.11. The number of phenolic OH excluding ortho intramolecular Hbond substituents is 1. The molecule has 0 saturated heterocycles. The normalized spacial score (nSPS) is 10.4. The zero-order valence-corrected chi connectivity index (χ0v) is 11.7. The van der Waals surface area contributed by atoms with E-state index in [9.17, 15) is 5.11 Å². The average molecular weight is 283 g/mol. The van der Waals surface area contributed by atoms with E-state index in [1.54, 1.807) is 13.2 Å². The SMILES string of the molecule is COc1ccc(-c2sncc2-c2ccccc2)c(O)c1. The molecule has 0 spiro atoms. The highest BCUT2D eigenvalue weighted by molar-refractivity contribution is 7.10. The van der Waals surface area contributed by atoms with Gasteiger partial charge in [0.1, 0.15) is 11.5 Å². The Morgan fingerprint density at radius 1 is 1.05 bits per heavy atom. The molecule has 100 valence electrons. The molecule has 1 heterocycles. The number of nitrogens with zero attached hydrogens (tertiary/aromatic N) is 1. The van der Waals surface area contributed by atoms with E-state index in [4.69, 9.17) is 4.74 Å². The fourth-order valence-corrected chi connectivity index (χ4v) is 2.89. The molecule has 0 aliphatic rings. The summed E-state index contributed by atoms with van der Waals surface area (Å²) in [7, 11) is 1.58. The molecule has 0 aliphatic heterocycles. The molecule has 3 aromatic rings. The van der Waals surface area contributed by atoms with E-state index in [0.29, 0.717) is 5.75 Å². The maximum absolute atomic E-state index is 10.2. The Hall–Kier alpha value is -2.33. The zero-order chi connectivity index (χ0) is 13.9. The smallest absolute Gasteiger partial charge is 0.127 e. The molecule has 0 aliphatic carbocycles. The topological polar surface area (TPSA) is 42.4 Å². The average Bonchev–Trinajstić information content (AvgIpc) is 2.97. The molecule has 1 aromatic heterocycles. The first-order chi connectivity index (χ1) is 9.79. The largest absolute Gasteiger partial charge is 0.507 e. The lowest BCUT2D eigenvalue weighted by atomic mass is 10.0. The van der Waals surface area contributed by atoms with E-state index in [1.807, 2.05) is 48.7 Å². The molecule has 0 unspecified atom stereocenters. The molecule has 0 atom stereocenters. The number of rotatable bonds is 3. The molecule has 1 N–H and O–H groups in total. The van der Waals surface area contributed by atoms with Crippen LogP contribution in [0.15, 0.2) is 54.7 Å². The van der Waals surface area contributed by atoms with Crippen LogP contribution in [0.25, 0.3) is 21.6 Å². The van der Waals surface area contributed by atoms with E-state index < -0.39 is 0 Å². The Bertz CT molecular complexity index is 722. The second-order valence-electron chi connectivity index (χ2n) is 4.32. The van der Waals surface area contributed by atoms with Gasteiger partial charge in [-0.3, -0.25) is 0 Å². The van der Waals surface area contributed by atoms with Crippen molar-refractivity contribution in [1.29, 1.82) is 0 Å². The summed E-state index contributed by atoms with van der Waals surface area (Å²) in [6.07, 6.45) is 1.83. The van der Waals surface area contributed by atoms with Gasteiger partial charge in [0.15, 0.2) is 0 Å². The predicted octanol–water partition coefficient (Wildman–Crippen LogP) is 4.19. The highest BCUT2D eigenvalue weighted by Crippen LogP contribution is 2.40. The number of hydrogen-bond acceptors (Lipinski definition) is 4. The first-order valence-electron chi connectivity index (χ1n) is 6.17. The maximum atomic E-state index is 10.2. The molecule has 0 radical (unpaired) electrons. The lowest BCUT2D eigenvalue weighted by Crippen LogP contribution is -1.84. The quantitative estimate of drug-likeness (QED) is 0.783. The fraction of sp³-hybridized carbons (Fsp3) is 0.0625. The Morgan fingerprint density at radius 2 is 1.85 bits per heavy atom. The molecule has 0 saturated carbocycles. The first kappa shape index (κ1) is 12.7. The Labute approximate surface area is 121 Å². The van der Waals surface area contributed by atoms with Crippen molar-refractivity contribution in [3.63, 3.8) is 0 Å². The molecule has 3 rings (SSSR count). The maximum Gasteiger partial charge on any atom is 0.127 e. The van der Waals surface area contributed by atoms with E-state index in [-0.39, 0.29) is 5.75 Å². The summed E-state index contributed by atoms with van der Waals surface area (Å²) < 4.78 is 9.37. The van der Waals surface area contributed by atoms with Gasteiger partial charge < -0.3 is 9.84 Å². The van der Waals surface area contributed by atoms with Crippen LogP contribution in [0, 0.1) is 0 Å². The number of methoxy groups -OCH3 is 1. The summed E-state index contributed by atoms with van der Waals surface area (Å²) in [6.45, 7) is 0. The number of hydrogen-bond donors (Lipinski definition) is 1. The molecule has 0 amide bonds. The van der Waals surface area contributed by atoms with Gasteiger partial charge in [-0.15, -0.1) is 0 Å². The van der Waals surface area contributed by atoms with E-state index >= 15 is 0 Å². The van der Waals surface area contributed by atoms with Gasteiger partial charge in [0.05, 0.1) is 12.0 Å². The minimum atomic E-state index is 0.200. The Kier molecular flexibility index (Phi) is 3.39. The third-order valence-electron chi connectivity index (χ3n) is 3.10. The lowest BCUT2D eigenvalue weighted by Gasteiger charge is -2.07. The zero-order valence-electron chi connectivity index (χ0n) is 10.9. The molecular formula is C16H13NO2S. The number of phenols is 1. The highest BCUT2D eigenvalue weighted by atomic mass is 32.1. The van der Waals surface area contributed by atoms with Crippen LogP contribution in [-0.2, 0) is 0 Å². The second-order valence-corrected chi connectivity index (χ2v) is 5.12. The van der Waals surface area contributed by atoms with Crippen molar-refractivity contribution in [1.82, 2.24) is 4.37 Å². The monoisotopic (exact) mass is 283 g/mol. The second kappa shape index (κ2) is 5.35. The summed E-state index contributed by atoms with van der Waals surface area (Å²) in [6, 6.07) is 15.3.